The smallest absolute Gasteiger partial charge is 0.265 e. The van der Waals surface area contributed by atoms with Crippen LogP contribution in [0.2, 0.25) is 5.02 Å². The van der Waals surface area contributed by atoms with Crippen molar-refractivity contribution in [3.8, 4) is 5.75 Å². The average molecular weight is 360 g/mol. The molecule has 0 spiro atoms. The third-order valence-electron chi connectivity index (χ3n) is 3.90. The van der Waals surface area contributed by atoms with Gasteiger partial charge in [-0.05, 0) is 36.8 Å². The first kappa shape index (κ1) is 17.3. The molecule has 2 aromatic rings. The molecule has 6 nitrogen and oxygen atoms in total. The van der Waals surface area contributed by atoms with Gasteiger partial charge in [-0.2, -0.15) is 0 Å². The van der Waals surface area contributed by atoms with Gasteiger partial charge < -0.3 is 15.8 Å². The van der Waals surface area contributed by atoms with Crippen molar-refractivity contribution in [3.63, 3.8) is 0 Å². The summed E-state index contributed by atoms with van der Waals surface area (Å²) >= 11 is 6.05. The Morgan fingerprint density at radius 2 is 2.12 bits per heavy atom. The maximum Gasteiger partial charge on any atom is 0.265 e. The number of nitrogens with one attached hydrogen (secondary N) is 1. The topological polar surface area (TPSA) is 84.7 Å². The highest BCUT2D eigenvalue weighted by Crippen LogP contribution is 2.34. The van der Waals surface area contributed by atoms with Crippen molar-refractivity contribution in [1.29, 1.82) is 0 Å². The van der Waals surface area contributed by atoms with Gasteiger partial charge in [-0.25, -0.2) is 0 Å². The summed E-state index contributed by atoms with van der Waals surface area (Å²) in [6, 6.07) is 12.1. The number of hydrogen-bond donors (Lipinski definition) is 2. The number of nitrogens with two attached hydrogens (primary N) is 1. The van der Waals surface area contributed by atoms with Gasteiger partial charge in [0.2, 0.25) is 5.91 Å². The predicted molar refractivity (Wildman–Crippen MR) is 97.0 cm³/mol. The fourth-order valence-electron chi connectivity index (χ4n) is 2.57. The average Bonchev–Trinajstić information content (AvgIpc) is 2.59. The monoisotopic (exact) mass is 359 g/mol. The lowest BCUT2D eigenvalue weighted by Crippen LogP contribution is -2.43. The zero-order valence-corrected chi connectivity index (χ0v) is 14.4. The standard InChI is InChI=1S/C18H18ClN3O3/c1-11(20)12-6-7-16-15(8-12)22(18(24)10-25-16)9-17(23)21-14-5-3-2-4-13(14)19/h2-8,11H,9-10,20H2,1H3,(H,21,23). The zero-order chi connectivity index (χ0) is 18.0. The van der Waals surface area contributed by atoms with Crippen LogP contribution in [0.4, 0.5) is 11.4 Å². The molecule has 2 aromatic carbocycles. The first-order valence-corrected chi connectivity index (χ1v) is 8.20. The van der Waals surface area contributed by atoms with E-state index >= 15 is 0 Å². The molecule has 0 bridgehead atoms. The Balaban J connectivity index is 1.82. The number of amides is 2. The molecular weight excluding hydrogens is 342 g/mol. The van der Waals surface area contributed by atoms with E-state index in [-0.39, 0.29) is 31.0 Å². The van der Waals surface area contributed by atoms with Gasteiger partial charge in [-0.1, -0.05) is 29.8 Å². The van der Waals surface area contributed by atoms with Crippen LogP contribution in [0.15, 0.2) is 42.5 Å². The molecule has 1 heterocycles. The maximum absolute atomic E-state index is 12.4. The van der Waals surface area contributed by atoms with Crippen LogP contribution in [0.3, 0.4) is 0 Å². The van der Waals surface area contributed by atoms with E-state index in [4.69, 9.17) is 22.1 Å². The second-order valence-corrected chi connectivity index (χ2v) is 6.22. The number of fused-ring (bicyclic) bond motifs is 1. The highest BCUT2D eigenvalue weighted by molar-refractivity contribution is 6.33. The van der Waals surface area contributed by atoms with Gasteiger partial charge in [-0.15, -0.1) is 0 Å². The van der Waals surface area contributed by atoms with Crippen molar-refractivity contribution >= 4 is 34.8 Å². The number of rotatable bonds is 4. The summed E-state index contributed by atoms with van der Waals surface area (Å²) in [6.45, 7) is 1.61. The second-order valence-electron chi connectivity index (χ2n) is 5.81. The number of para-hydroxylation sites is 1. The van der Waals surface area contributed by atoms with E-state index < -0.39 is 0 Å². The highest BCUT2D eigenvalue weighted by Gasteiger charge is 2.28. The highest BCUT2D eigenvalue weighted by atomic mass is 35.5. The Kier molecular flexibility index (Phi) is 4.92. The van der Waals surface area contributed by atoms with Crippen LogP contribution in [0.5, 0.6) is 5.75 Å². The minimum atomic E-state index is -0.347. The van der Waals surface area contributed by atoms with E-state index in [1.54, 1.807) is 36.4 Å². The molecule has 0 aliphatic carbocycles. The van der Waals surface area contributed by atoms with Crippen LogP contribution < -0.4 is 20.7 Å². The van der Waals surface area contributed by atoms with E-state index in [9.17, 15) is 9.59 Å². The number of carbonyl (C=O) groups excluding carboxylic acids is 2. The molecule has 130 valence electrons. The minimum Gasteiger partial charge on any atom is -0.482 e. The van der Waals surface area contributed by atoms with Crippen LogP contribution in [0.25, 0.3) is 0 Å². The quantitative estimate of drug-likeness (QED) is 0.879. The van der Waals surface area contributed by atoms with Crippen LogP contribution in [0.1, 0.15) is 18.5 Å². The first-order valence-electron chi connectivity index (χ1n) is 7.83. The van der Waals surface area contributed by atoms with Crippen LogP contribution in [0, 0.1) is 0 Å². The molecule has 0 saturated carbocycles. The molecule has 0 saturated heterocycles. The van der Waals surface area contributed by atoms with E-state index in [1.807, 2.05) is 13.0 Å². The van der Waals surface area contributed by atoms with Crippen molar-refractivity contribution in [3.05, 3.63) is 53.1 Å². The normalized spacial score (nSPS) is 14.5. The van der Waals surface area contributed by atoms with Crippen molar-refractivity contribution in [2.75, 3.05) is 23.4 Å². The molecule has 0 radical (unpaired) electrons. The van der Waals surface area contributed by atoms with Crippen molar-refractivity contribution in [2.24, 2.45) is 5.73 Å². The lowest BCUT2D eigenvalue weighted by molar-refractivity contribution is -0.123. The Morgan fingerprint density at radius 1 is 1.36 bits per heavy atom. The Labute approximate surface area is 150 Å². The number of ether oxygens (including phenoxy) is 1. The van der Waals surface area contributed by atoms with E-state index in [0.29, 0.717) is 22.1 Å². The molecule has 2 amide bonds. The summed E-state index contributed by atoms with van der Waals surface area (Å²) in [5.41, 5.74) is 7.81. The molecule has 0 aromatic heterocycles. The summed E-state index contributed by atoms with van der Waals surface area (Å²) in [5.74, 6) is -0.0846. The van der Waals surface area contributed by atoms with Gasteiger partial charge in [0, 0.05) is 6.04 Å². The molecule has 3 rings (SSSR count). The summed E-state index contributed by atoms with van der Waals surface area (Å²) in [6.07, 6.45) is 0. The summed E-state index contributed by atoms with van der Waals surface area (Å²) in [5, 5.41) is 3.15. The number of halogens is 1. The number of nitrogens with zero attached hydrogens (tertiary/aromatic N) is 1. The van der Waals surface area contributed by atoms with Crippen LogP contribution >= 0.6 is 11.6 Å². The molecule has 1 aliphatic heterocycles. The third-order valence-corrected chi connectivity index (χ3v) is 4.23. The molecule has 1 atom stereocenters. The predicted octanol–water partition coefficient (Wildman–Crippen LogP) is 2.72. The van der Waals surface area contributed by atoms with Gasteiger partial charge in [0.1, 0.15) is 12.3 Å². The van der Waals surface area contributed by atoms with E-state index in [1.165, 1.54) is 4.90 Å². The number of carbonyl (C=O) groups is 2. The number of anilines is 2. The lowest BCUT2D eigenvalue weighted by Gasteiger charge is -2.29. The fourth-order valence-corrected chi connectivity index (χ4v) is 2.75. The number of benzene rings is 2. The first-order chi connectivity index (χ1) is 12.0. The molecule has 7 heteroatoms. The van der Waals surface area contributed by atoms with Crippen molar-refractivity contribution in [1.82, 2.24) is 0 Å². The summed E-state index contributed by atoms with van der Waals surface area (Å²) in [4.78, 5) is 26.0. The van der Waals surface area contributed by atoms with Crippen molar-refractivity contribution < 1.29 is 14.3 Å². The molecule has 3 N–H and O–H groups in total. The van der Waals surface area contributed by atoms with Gasteiger partial charge in [0.25, 0.3) is 5.91 Å². The van der Waals surface area contributed by atoms with E-state index in [2.05, 4.69) is 5.32 Å². The van der Waals surface area contributed by atoms with Gasteiger partial charge in [0.05, 0.1) is 16.4 Å². The van der Waals surface area contributed by atoms with E-state index in [0.717, 1.165) is 5.56 Å². The fraction of sp³-hybridized carbons (Fsp3) is 0.222. The maximum atomic E-state index is 12.4. The minimum absolute atomic E-state index is 0.107. The third kappa shape index (κ3) is 3.75. The largest absolute Gasteiger partial charge is 0.482 e. The second kappa shape index (κ2) is 7.13. The Bertz CT molecular complexity index is 823. The Hall–Kier alpha value is -2.57. The number of hydrogen-bond acceptors (Lipinski definition) is 4. The molecule has 1 aliphatic rings. The SMILES string of the molecule is CC(N)c1ccc2c(c1)N(CC(=O)Nc1ccccc1Cl)C(=O)CO2. The zero-order valence-electron chi connectivity index (χ0n) is 13.7. The van der Waals surface area contributed by atoms with Gasteiger partial charge in [-0.3, -0.25) is 14.5 Å². The van der Waals surface area contributed by atoms with Crippen LogP contribution in [-0.2, 0) is 9.59 Å². The Morgan fingerprint density at radius 3 is 2.84 bits per heavy atom. The van der Waals surface area contributed by atoms with Gasteiger partial charge in [0.15, 0.2) is 6.61 Å². The van der Waals surface area contributed by atoms with Gasteiger partial charge >= 0.3 is 0 Å². The summed E-state index contributed by atoms with van der Waals surface area (Å²) in [7, 11) is 0. The lowest BCUT2D eigenvalue weighted by atomic mass is 10.1. The molecule has 1 unspecified atom stereocenters. The molecule has 0 fully saturated rings. The summed E-state index contributed by atoms with van der Waals surface area (Å²) < 4.78 is 5.43. The molecular formula is C18H18ClN3O3. The molecule has 25 heavy (non-hydrogen) atoms. The van der Waals surface area contributed by atoms with Crippen LogP contribution in [-0.4, -0.2) is 25.0 Å². The van der Waals surface area contributed by atoms with Crippen molar-refractivity contribution in [2.45, 2.75) is 13.0 Å².